The van der Waals surface area contributed by atoms with Crippen molar-refractivity contribution in [1.29, 1.82) is 5.26 Å². The second-order valence-corrected chi connectivity index (χ2v) is 10.5. The number of fused-ring (bicyclic) bond motifs is 1. The third-order valence-corrected chi connectivity index (χ3v) is 7.43. The number of allylic oxidation sites excluding steroid dienone is 1. The van der Waals surface area contributed by atoms with Gasteiger partial charge in [-0.25, -0.2) is 12.4 Å². The second kappa shape index (κ2) is 9.79. The molecule has 194 valence electrons. The highest BCUT2D eigenvalue weighted by atomic mass is 32.2. The number of rotatable bonds is 6. The zero-order valence-corrected chi connectivity index (χ0v) is 21.3. The lowest BCUT2D eigenvalue weighted by Gasteiger charge is -2.13. The molecule has 2 aromatic heterocycles. The number of ketones is 1. The molecule has 0 aliphatic rings. The lowest BCUT2D eigenvalue weighted by molar-refractivity contribution is -0.137. The molecule has 0 unspecified atom stereocenters. The van der Waals surface area contributed by atoms with E-state index in [1.807, 2.05) is 6.07 Å². The topological polar surface area (TPSA) is 96.1 Å². The molecule has 0 N–H and O–H groups in total. The summed E-state index contributed by atoms with van der Waals surface area (Å²) in [6.45, 7) is 1.80. The van der Waals surface area contributed by atoms with E-state index in [4.69, 9.17) is 0 Å². The van der Waals surface area contributed by atoms with Gasteiger partial charge in [0.2, 0.25) is 5.78 Å². The normalized spacial score (nSPS) is 12.4. The first-order valence-electron chi connectivity index (χ1n) is 11.2. The van der Waals surface area contributed by atoms with Gasteiger partial charge in [0.05, 0.1) is 21.7 Å². The van der Waals surface area contributed by atoms with Crippen molar-refractivity contribution in [3.05, 3.63) is 95.5 Å². The van der Waals surface area contributed by atoms with Gasteiger partial charge in [-0.1, -0.05) is 29.8 Å². The average molecular weight is 539 g/mol. The molecule has 0 saturated heterocycles. The Hall–Kier alpha value is -4.43. The highest BCUT2D eigenvalue weighted by molar-refractivity contribution is 7.90. The SMILES string of the molecule is Cc1ccc(S(=O)(=O)n2c(C(=O)/C(C#N)=C\N(C)C)cc3ccc(-c4ccc(C(F)(F)F)cn4)cc32)cc1. The van der Waals surface area contributed by atoms with E-state index in [0.717, 1.165) is 15.6 Å². The maximum atomic E-state index is 13.8. The van der Waals surface area contributed by atoms with Gasteiger partial charge in [-0.2, -0.15) is 18.4 Å². The van der Waals surface area contributed by atoms with Gasteiger partial charge in [-0.05, 0) is 43.3 Å². The first kappa shape index (κ1) is 26.6. The molecular formula is C27H21F3N4O3S. The van der Waals surface area contributed by atoms with Crippen LogP contribution >= 0.6 is 0 Å². The fourth-order valence-corrected chi connectivity index (χ4v) is 5.34. The van der Waals surface area contributed by atoms with Crippen molar-refractivity contribution in [2.24, 2.45) is 0 Å². The number of aromatic nitrogens is 2. The predicted octanol–water partition coefficient (Wildman–Crippen LogP) is 5.42. The molecule has 4 rings (SSSR count). The monoisotopic (exact) mass is 538 g/mol. The van der Waals surface area contributed by atoms with Crippen LogP contribution in [-0.2, 0) is 16.2 Å². The number of carbonyl (C=O) groups excluding carboxylic acids is 1. The summed E-state index contributed by atoms with van der Waals surface area (Å²) in [4.78, 5) is 18.7. The largest absolute Gasteiger partial charge is 0.417 e. The Morgan fingerprint density at radius 2 is 1.74 bits per heavy atom. The molecule has 0 aliphatic heterocycles. The number of hydrogen-bond donors (Lipinski definition) is 0. The van der Waals surface area contributed by atoms with Crippen LogP contribution in [0.3, 0.4) is 0 Å². The van der Waals surface area contributed by atoms with Crippen LogP contribution in [0.15, 0.2) is 83.5 Å². The molecule has 0 fully saturated rings. The Morgan fingerprint density at radius 3 is 2.29 bits per heavy atom. The Kier molecular flexibility index (Phi) is 6.86. The summed E-state index contributed by atoms with van der Waals surface area (Å²) >= 11 is 0. The molecule has 0 spiro atoms. The van der Waals surface area contributed by atoms with E-state index in [1.165, 1.54) is 41.4 Å². The zero-order chi connectivity index (χ0) is 27.8. The van der Waals surface area contributed by atoms with E-state index < -0.39 is 27.5 Å². The Bertz CT molecular complexity index is 1710. The maximum absolute atomic E-state index is 13.8. The van der Waals surface area contributed by atoms with Gasteiger partial charge in [0.15, 0.2) is 0 Å². The summed E-state index contributed by atoms with van der Waals surface area (Å²) in [6.07, 6.45) is -2.57. The smallest absolute Gasteiger partial charge is 0.382 e. The molecule has 0 bridgehead atoms. The highest BCUT2D eigenvalue weighted by Gasteiger charge is 2.31. The molecule has 0 saturated carbocycles. The van der Waals surface area contributed by atoms with Crippen molar-refractivity contribution >= 4 is 26.7 Å². The van der Waals surface area contributed by atoms with E-state index in [-0.39, 0.29) is 27.4 Å². The van der Waals surface area contributed by atoms with Crippen LogP contribution in [-0.4, -0.2) is 42.2 Å². The first-order valence-corrected chi connectivity index (χ1v) is 12.6. The summed E-state index contributed by atoms with van der Waals surface area (Å²) < 4.78 is 67.5. The van der Waals surface area contributed by atoms with Gasteiger partial charge in [0, 0.05) is 37.4 Å². The van der Waals surface area contributed by atoms with Gasteiger partial charge >= 0.3 is 6.18 Å². The first-order chi connectivity index (χ1) is 17.8. The van der Waals surface area contributed by atoms with Crippen LogP contribution in [0.1, 0.15) is 21.6 Å². The Morgan fingerprint density at radius 1 is 1.05 bits per heavy atom. The number of benzene rings is 2. The minimum Gasteiger partial charge on any atom is -0.382 e. The molecule has 0 aliphatic carbocycles. The van der Waals surface area contributed by atoms with E-state index in [2.05, 4.69) is 4.98 Å². The van der Waals surface area contributed by atoms with Crippen LogP contribution in [0.4, 0.5) is 13.2 Å². The van der Waals surface area contributed by atoms with Gasteiger partial charge < -0.3 is 4.90 Å². The summed E-state index contributed by atoms with van der Waals surface area (Å²) in [6, 6.07) is 15.9. The number of pyridine rings is 1. The Balaban J connectivity index is 1.98. The maximum Gasteiger partial charge on any atom is 0.417 e. The number of hydrogen-bond acceptors (Lipinski definition) is 6. The molecule has 7 nitrogen and oxygen atoms in total. The van der Waals surface area contributed by atoms with Gasteiger partial charge in [0.25, 0.3) is 10.0 Å². The summed E-state index contributed by atoms with van der Waals surface area (Å²) in [5.74, 6) is -0.803. The van der Waals surface area contributed by atoms with Crippen LogP contribution in [0.25, 0.3) is 22.2 Å². The average Bonchev–Trinajstić information content (AvgIpc) is 3.26. The van der Waals surface area contributed by atoms with Crippen molar-refractivity contribution < 1.29 is 26.4 Å². The number of halogens is 3. The molecule has 0 atom stereocenters. The molecular weight excluding hydrogens is 517 g/mol. The summed E-state index contributed by atoms with van der Waals surface area (Å²) in [7, 11) is -1.10. The zero-order valence-electron chi connectivity index (χ0n) is 20.5. The lowest BCUT2D eigenvalue weighted by atomic mass is 10.1. The predicted molar refractivity (Wildman–Crippen MR) is 136 cm³/mol. The number of Topliss-reactive ketones (excluding diaryl/α,β-unsaturated/α-hetero) is 1. The van der Waals surface area contributed by atoms with Crippen LogP contribution in [0.2, 0.25) is 0 Å². The summed E-state index contributed by atoms with van der Waals surface area (Å²) in [5.41, 5.74) is 0.00326. The number of alkyl halides is 3. The van der Waals surface area contributed by atoms with Crippen molar-refractivity contribution in [2.45, 2.75) is 18.0 Å². The highest BCUT2D eigenvalue weighted by Crippen LogP contribution is 2.33. The van der Waals surface area contributed by atoms with Gasteiger partial charge in [0.1, 0.15) is 17.3 Å². The van der Waals surface area contributed by atoms with Crippen molar-refractivity contribution in [1.82, 2.24) is 13.9 Å². The number of nitriles is 1. The fraction of sp³-hybridized carbons (Fsp3) is 0.148. The molecule has 38 heavy (non-hydrogen) atoms. The summed E-state index contributed by atoms with van der Waals surface area (Å²) in [5, 5.41) is 9.96. The lowest BCUT2D eigenvalue weighted by Crippen LogP contribution is -2.20. The van der Waals surface area contributed by atoms with E-state index in [1.54, 1.807) is 45.3 Å². The molecule has 11 heteroatoms. The number of aryl methyl sites for hydroxylation is 1. The van der Waals surface area contributed by atoms with Crippen molar-refractivity contribution in [2.75, 3.05) is 14.1 Å². The third kappa shape index (κ3) is 5.03. The molecule has 4 aromatic rings. The van der Waals surface area contributed by atoms with E-state index >= 15 is 0 Å². The molecule has 2 heterocycles. The standard InChI is InChI=1S/C27H21F3N4O3S/c1-17-4-9-22(10-5-17)38(36,37)34-24-12-18(23-11-8-21(15-32-23)27(28,29)30)6-7-19(24)13-25(34)26(35)20(14-31)16-33(2)3/h4-13,15-16H,1-3H3/b20-16-. The quantitative estimate of drug-likeness (QED) is 0.185. The minimum atomic E-state index is -4.56. The van der Waals surface area contributed by atoms with Crippen LogP contribution < -0.4 is 0 Å². The molecule has 0 radical (unpaired) electrons. The van der Waals surface area contributed by atoms with E-state index in [0.29, 0.717) is 17.1 Å². The molecule has 0 amide bonds. The number of carbonyl (C=O) groups is 1. The van der Waals surface area contributed by atoms with E-state index in [9.17, 15) is 31.6 Å². The Labute approximate surface area is 217 Å². The van der Waals surface area contributed by atoms with Crippen molar-refractivity contribution in [3.63, 3.8) is 0 Å². The third-order valence-electron chi connectivity index (χ3n) is 5.69. The van der Waals surface area contributed by atoms with Crippen molar-refractivity contribution in [3.8, 4) is 17.3 Å². The minimum absolute atomic E-state index is 0.0807. The van der Waals surface area contributed by atoms with Gasteiger partial charge in [-0.15, -0.1) is 0 Å². The second-order valence-electron chi connectivity index (χ2n) is 8.76. The molecule has 2 aromatic carbocycles. The fourth-order valence-electron chi connectivity index (χ4n) is 3.84. The number of nitrogens with zero attached hydrogens (tertiary/aromatic N) is 4. The van der Waals surface area contributed by atoms with Crippen LogP contribution in [0, 0.1) is 18.3 Å². The van der Waals surface area contributed by atoms with Crippen LogP contribution in [0.5, 0.6) is 0 Å². The van der Waals surface area contributed by atoms with Gasteiger partial charge in [-0.3, -0.25) is 9.78 Å².